The summed E-state index contributed by atoms with van der Waals surface area (Å²) in [7, 11) is 0. The Labute approximate surface area is 148 Å². The predicted octanol–water partition coefficient (Wildman–Crippen LogP) is 5.43. The summed E-state index contributed by atoms with van der Waals surface area (Å²) in [4.78, 5) is 24.7. The first-order valence-corrected chi connectivity index (χ1v) is 9.42. The summed E-state index contributed by atoms with van der Waals surface area (Å²) < 4.78 is 10.8. The lowest BCUT2D eigenvalue weighted by atomic mass is 9.99. The highest BCUT2D eigenvalue weighted by Crippen LogP contribution is 2.21. The molecule has 0 aromatic rings. The second kappa shape index (κ2) is 10.7. The van der Waals surface area contributed by atoms with Crippen LogP contribution in [0.4, 0.5) is 0 Å². The van der Waals surface area contributed by atoms with E-state index in [1.165, 1.54) is 25.7 Å². The summed E-state index contributed by atoms with van der Waals surface area (Å²) in [6.45, 7) is 13.1. The minimum atomic E-state index is -0.820. The monoisotopic (exact) mass is 342 g/mol. The van der Waals surface area contributed by atoms with Gasteiger partial charge in [-0.15, -0.1) is 0 Å². The van der Waals surface area contributed by atoms with Crippen molar-refractivity contribution in [2.75, 3.05) is 0 Å². The molecule has 0 aromatic heterocycles. The molecule has 0 N–H and O–H groups in total. The Bertz CT molecular complexity index is 346. The first-order chi connectivity index (χ1) is 11.0. The summed E-state index contributed by atoms with van der Waals surface area (Å²) in [5.41, 5.74) is -1.20. The number of hydrogen-bond acceptors (Lipinski definition) is 4. The fourth-order valence-corrected chi connectivity index (χ4v) is 2.38. The van der Waals surface area contributed by atoms with Gasteiger partial charge >= 0.3 is 11.9 Å². The molecule has 0 amide bonds. The van der Waals surface area contributed by atoms with Crippen LogP contribution in [0.1, 0.15) is 99.8 Å². The molecule has 24 heavy (non-hydrogen) atoms. The minimum Gasteiger partial charge on any atom is -0.459 e. The van der Waals surface area contributed by atoms with Gasteiger partial charge in [-0.2, -0.15) is 0 Å². The molecule has 4 nitrogen and oxygen atoms in total. The topological polar surface area (TPSA) is 52.6 Å². The quantitative estimate of drug-likeness (QED) is 0.302. The van der Waals surface area contributed by atoms with Crippen molar-refractivity contribution in [2.45, 2.75) is 111 Å². The van der Waals surface area contributed by atoms with Crippen molar-refractivity contribution in [3.05, 3.63) is 0 Å². The van der Waals surface area contributed by atoms with Crippen molar-refractivity contribution in [3.8, 4) is 0 Å². The second-order valence-corrected chi connectivity index (χ2v) is 8.53. The SMILES string of the molecule is CCCCCCCCCC(C(=O)OC(C)(C)C)C(=O)OC(C)(C)C. The molecule has 0 unspecified atom stereocenters. The van der Waals surface area contributed by atoms with E-state index >= 15 is 0 Å². The van der Waals surface area contributed by atoms with Gasteiger partial charge in [0.25, 0.3) is 0 Å². The van der Waals surface area contributed by atoms with Gasteiger partial charge < -0.3 is 9.47 Å². The average Bonchev–Trinajstić information content (AvgIpc) is 2.37. The Morgan fingerprint density at radius 3 is 1.46 bits per heavy atom. The van der Waals surface area contributed by atoms with E-state index in [0.717, 1.165) is 19.3 Å². The zero-order chi connectivity index (χ0) is 18.8. The second-order valence-electron chi connectivity index (χ2n) is 8.53. The highest BCUT2D eigenvalue weighted by atomic mass is 16.6. The zero-order valence-electron chi connectivity index (χ0n) is 16.9. The number of carbonyl (C=O) groups is 2. The molecular weight excluding hydrogens is 304 g/mol. The van der Waals surface area contributed by atoms with Gasteiger partial charge in [0.1, 0.15) is 11.2 Å². The lowest BCUT2D eigenvalue weighted by Crippen LogP contribution is -2.36. The third-order valence-corrected chi connectivity index (χ3v) is 3.48. The molecule has 0 radical (unpaired) electrons. The molecule has 0 fully saturated rings. The highest BCUT2D eigenvalue weighted by Gasteiger charge is 2.34. The molecule has 0 bridgehead atoms. The summed E-state index contributed by atoms with van der Waals surface area (Å²) in [5, 5.41) is 0. The molecule has 0 aliphatic heterocycles. The van der Waals surface area contributed by atoms with Crippen LogP contribution in [0.5, 0.6) is 0 Å². The average molecular weight is 343 g/mol. The fraction of sp³-hybridized carbons (Fsp3) is 0.900. The summed E-state index contributed by atoms with van der Waals surface area (Å²) >= 11 is 0. The van der Waals surface area contributed by atoms with Gasteiger partial charge in [0.15, 0.2) is 5.92 Å². The Hall–Kier alpha value is -1.06. The van der Waals surface area contributed by atoms with Gasteiger partial charge in [-0.1, -0.05) is 51.9 Å². The molecule has 0 aromatic carbocycles. The largest absolute Gasteiger partial charge is 0.459 e. The van der Waals surface area contributed by atoms with Crippen LogP contribution in [-0.4, -0.2) is 23.1 Å². The van der Waals surface area contributed by atoms with Crippen molar-refractivity contribution in [1.82, 2.24) is 0 Å². The zero-order valence-corrected chi connectivity index (χ0v) is 16.9. The Kier molecular flexibility index (Phi) is 10.3. The Morgan fingerprint density at radius 1 is 0.708 bits per heavy atom. The smallest absolute Gasteiger partial charge is 0.320 e. The van der Waals surface area contributed by atoms with E-state index in [0.29, 0.717) is 6.42 Å². The maximum absolute atomic E-state index is 12.4. The van der Waals surface area contributed by atoms with Crippen molar-refractivity contribution in [3.63, 3.8) is 0 Å². The van der Waals surface area contributed by atoms with E-state index in [1.807, 2.05) is 41.5 Å². The molecule has 0 atom stereocenters. The van der Waals surface area contributed by atoms with Crippen molar-refractivity contribution < 1.29 is 19.1 Å². The van der Waals surface area contributed by atoms with E-state index < -0.39 is 29.1 Å². The minimum absolute atomic E-state index is 0.470. The Morgan fingerprint density at radius 2 is 1.08 bits per heavy atom. The highest BCUT2D eigenvalue weighted by molar-refractivity contribution is 5.95. The molecule has 0 aliphatic rings. The third kappa shape index (κ3) is 12.4. The predicted molar refractivity (Wildman–Crippen MR) is 97.8 cm³/mol. The lowest BCUT2D eigenvalue weighted by molar-refractivity contribution is -0.174. The molecule has 0 aliphatic carbocycles. The maximum atomic E-state index is 12.4. The first-order valence-electron chi connectivity index (χ1n) is 9.42. The van der Waals surface area contributed by atoms with Crippen LogP contribution in [0.15, 0.2) is 0 Å². The van der Waals surface area contributed by atoms with Gasteiger partial charge in [0, 0.05) is 0 Å². The van der Waals surface area contributed by atoms with E-state index in [2.05, 4.69) is 6.92 Å². The van der Waals surface area contributed by atoms with Crippen LogP contribution in [0, 0.1) is 5.92 Å². The van der Waals surface area contributed by atoms with Gasteiger partial charge in [-0.05, 0) is 48.0 Å². The molecule has 0 spiro atoms. The van der Waals surface area contributed by atoms with E-state index in [9.17, 15) is 9.59 Å². The number of ether oxygens (including phenoxy) is 2. The molecule has 0 rings (SSSR count). The van der Waals surface area contributed by atoms with Crippen molar-refractivity contribution >= 4 is 11.9 Å². The number of esters is 2. The van der Waals surface area contributed by atoms with E-state index in [4.69, 9.17) is 9.47 Å². The van der Waals surface area contributed by atoms with Crippen LogP contribution in [0.2, 0.25) is 0 Å². The standard InChI is InChI=1S/C20H38O4/c1-8-9-10-11-12-13-14-15-16(17(21)23-19(2,3)4)18(22)24-20(5,6)7/h16H,8-15H2,1-7H3. The third-order valence-electron chi connectivity index (χ3n) is 3.48. The van der Waals surface area contributed by atoms with Gasteiger partial charge in [0.05, 0.1) is 0 Å². The molecule has 4 heteroatoms. The molecule has 0 saturated heterocycles. The Balaban J connectivity index is 4.53. The molecular formula is C20H38O4. The van der Waals surface area contributed by atoms with Crippen LogP contribution >= 0.6 is 0 Å². The van der Waals surface area contributed by atoms with Crippen LogP contribution in [0.3, 0.4) is 0 Å². The van der Waals surface area contributed by atoms with Crippen LogP contribution in [0.25, 0.3) is 0 Å². The van der Waals surface area contributed by atoms with Gasteiger partial charge in [-0.25, -0.2) is 0 Å². The van der Waals surface area contributed by atoms with Gasteiger partial charge in [-0.3, -0.25) is 9.59 Å². The summed E-state index contributed by atoms with van der Waals surface area (Å²) in [5.74, 6) is -1.76. The molecule has 0 heterocycles. The number of hydrogen-bond donors (Lipinski definition) is 0. The summed E-state index contributed by atoms with van der Waals surface area (Å²) in [6.07, 6.45) is 8.52. The van der Waals surface area contributed by atoms with Crippen LogP contribution in [-0.2, 0) is 19.1 Å². The van der Waals surface area contributed by atoms with Crippen LogP contribution < -0.4 is 0 Å². The molecule has 142 valence electrons. The first kappa shape index (κ1) is 22.9. The van der Waals surface area contributed by atoms with Gasteiger partial charge in [0.2, 0.25) is 0 Å². The number of carbonyl (C=O) groups excluding carboxylic acids is 2. The van der Waals surface area contributed by atoms with Crippen molar-refractivity contribution in [2.24, 2.45) is 5.92 Å². The maximum Gasteiger partial charge on any atom is 0.320 e. The normalized spacial score (nSPS) is 12.3. The lowest BCUT2D eigenvalue weighted by Gasteiger charge is -2.26. The van der Waals surface area contributed by atoms with Crippen molar-refractivity contribution in [1.29, 1.82) is 0 Å². The fourth-order valence-electron chi connectivity index (χ4n) is 2.38. The van der Waals surface area contributed by atoms with E-state index in [1.54, 1.807) is 0 Å². The number of rotatable bonds is 10. The molecule has 0 saturated carbocycles. The summed E-state index contributed by atoms with van der Waals surface area (Å²) in [6, 6.07) is 0. The number of unbranched alkanes of at least 4 members (excludes halogenated alkanes) is 6. The van der Waals surface area contributed by atoms with E-state index in [-0.39, 0.29) is 0 Å².